The molecule has 1 heterocycles. The second-order valence-electron chi connectivity index (χ2n) is 1.39. The number of nitrogens with one attached hydrogen (secondary N) is 1. The fraction of sp³-hybridized carbons (Fsp3) is 0.200. The maximum Gasteiger partial charge on any atom is 0.160 e. The van der Waals surface area contributed by atoms with Crippen LogP contribution in [0.15, 0.2) is 24.0 Å². The lowest BCUT2D eigenvalue weighted by Gasteiger charge is -2.00. The maximum absolute atomic E-state index is 7.01. The van der Waals surface area contributed by atoms with E-state index in [0.29, 0.717) is 6.54 Å². The summed E-state index contributed by atoms with van der Waals surface area (Å²) in [4.78, 5) is 0. The summed E-state index contributed by atoms with van der Waals surface area (Å²) in [6.45, 7) is 0.600. The highest BCUT2D eigenvalue weighted by Gasteiger charge is 1.84. The molecule has 0 atom stereocenters. The van der Waals surface area contributed by atoms with E-state index in [9.17, 15) is 0 Å². The van der Waals surface area contributed by atoms with Crippen LogP contribution in [0.4, 0.5) is 0 Å². The van der Waals surface area contributed by atoms with E-state index in [1.807, 2.05) is 0 Å². The Morgan fingerprint density at radius 2 is 2.86 bits per heavy atom. The van der Waals surface area contributed by atoms with E-state index in [4.69, 9.17) is 7.15 Å². The van der Waals surface area contributed by atoms with Crippen LogP contribution in [0.3, 0.4) is 0 Å². The van der Waals surface area contributed by atoms with Crippen molar-refractivity contribution >= 4 is 0 Å². The van der Waals surface area contributed by atoms with Crippen LogP contribution in [0, 0.1) is 0 Å². The Balaban J connectivity index is 2.58. The van der Waals surface area contributed by atoms with Gasteiger partial charge in [-0.1, -0.05) is 0 Å². The van der Waals surface area contributed by atoms with Gasteiger partial charge >= 0.3 is 0 Å². The smallest absolute Gasteiger partial charge is 0.160 e. The fourth-order valence-corrected chi connectivity index (χ4v) is 0.426. The molecule has 1 rings (SSSR count). The monoisotopic (exact) mass is 97.1 g/mol. The minimum Gasteiger partial charge on any atom is -0.399 e. The molecule has 0 radical (unpaired) electrons. The van der Waals surface area contributed by atoms with Gasteiger partial charge in [-0.25, -0.2) is 0 Å². The minimum absolute atomic E-state index is 0.600. The second kappa shape index (κ2) is 1.69. The molecule has 38 valence electrons. The van der Waals surface area contributed by atoms with E-state index in [0.717, 1.165) is 5.70 Å². The summed E-state index contributed by atoms with van der Waals surface area (Å²) < 4.78 is 7.01. The van der Waals surface area contributed by atoms with E-state index in [2.05, 4.69) is 0 Å². The molecule has 3 N–H and O–H groups in total. The highest BCUT2D eigenvalue weighted by atomic mass is 14.8. The van der Waals surface area contributed by atoms with Crippen molar-refractivity contribution < 1.29 is 1.41 Å². The molecule has 0 aromatic carbocycles. The number of dihydropyridines is 1. The molecule has 1 aliphatic rings. The summed E-state index contributed by atoms with van der Waals surface area (Å²) >= 11 is 0. The quantitative estimate of drug-likeness (QED) is 0.444. The van der Waals surface area contributed by atoms with Gasteiger partial charge in [0.1, 0.15) is 0 Å². The zero-order valence-corrected chi connectivity index (χ0v) is 3.96. The van der Waals surface area contributed by atoms with Crippen LogP contribution in [0.1, 0.15) is 0 Å². The Morgan fingerprint density at radius 3 is 3.29 bits per heavy atom. The molecule has 0 aliphatic carbocycles. The molecule has 1 aliphatic heterocycles. The van der Waals surface area contributed by atoms with Gasteiger partial charge in [0.2, 0.25) is 0 Å². The van der Waals surface area contributed by atoms with Crippen LogP contribution in [0.25, 0.3) is 0 Å². The molecule has 0 aromatic heterocycles. The van der Waals surface area contributed by atoms with Crippen molar-refractivity contribution in [2.24, 2.45) is 5.73 Å². The Labute approximate surface area is 44.2 Å². The summed E-state index contributed by atoms with van der Waals surface area (Å²) in [6.07, 6.45) is 5.14. The van der Waals surface area contributed by atoms with Crippen LogP contribution >= 0.6 is 0 Å². The van der Waals surface area contributed by atoms with Crippen molar-refractivity contribution in [3.05, 3.63) is 24.0 Å². The van der Waals surface area contributed by atoms with E-state index in [1.165, 1.54) is 5.31 Å². The summed E-state index contributed by atoms with van der Waals surface area (Å²) in [6, 6.07) is 0. The number of hydrogen-bond acceptors (Lipinski definition) is 2. The summed E-state index contributed by atoms with van der Waals surface area (Å²) in [5.41, 5.74) is 6.11. The number of nitrogens with two attached hydrogens (primary N) is 1. The maximum atomic E-state index is 7.01. The predicted octanol–water partition coefficient (Wildman–Crippen LogP) is -0.0541. The average Bonchev–Trinajstić information content (AvgIpc) is 1.77. The third kappa shape index (κ3) is 0.961. The molecule has 0 spiro atoms. The highest BCUT2D eigenvalue weighted by Crippen LogP contribution is 1.87. The highest BCUT2D eigenvalue weighted by molar-refractivity contribution is 5.17. The van der Waals surface area contributed by atoms with Crippen molar-refractivity contribution in [1.29, 1.82) is 0 Å². The average molecular weight is 97.1 g/mol. The lowest BCUT2D eigenvalue weighted by atomic mass is 10.3. The Morgan fingerprint density at radius 1 is 2.00 bits per heavy atom. The second-order valence-corrected chi connectivity index (χ2v) is 1.39. The number of allylic oxidation sites excluding steroid dienone is 1. The van der Waals surface area contributed by atoms with Gasteiger partial charge in [-0.2, -0.15) is 0 Å². The lowest BCUT2D eigenvalue weighted by Crippen LogP contribution is -2.11. The van der Waals surface area contributed by atoms with Crippen molar-refractivity contribution in [3.8, 4) is 0 Å². The van der Waals surface area contributed by atoms with Gasteiger partial charge in [-0.3, -0.25) is 0 Å². The van der Waals surface area contributed by atoms with Gasteiger partial charge in [0.05, 0.1) is 0 Å². The predicted molar refractivity (Wildman–Crippen MR) is 29.4 cm³/mol. The summed E-state index contributed by atoms with van der Waals surface area (Å²) in [5.74, 6) is 0. The molecule has 0 saturated carbocycles. The summed E-state index contributed by atoms with van der Waals surface area (Å²) in [5, 5.41) is 1.32. The van der Waals surface area contributed by atoms with Crippen molar-refractivity contribution in [2.45, 2.75) is 0 Å². The van der Waals surface area contributed by atoms with Crippen LogP contribution in [-0.2, 0) is 0 Å². The van der Waals surface area contributed by atoms with Crippen molar-refractivity contribution in [2.75, 3.05) is 6.54 Å². The largest absolute Gasteiger partial charge is 0.399 e. The molecule has 7 heavy (non-hydrogen) atoms. The zero-order chi connectivity index (χ0) is 5.98. The third-order valence-electron chi connectivity index (χ3n) is 0.805. The third-order valence-corrected chi connectivity index (χ3v) is 0.805. The fourth-order valence-electron chi connectivity index (χ4n) is 0.426. The SMILES string of the molecule is [2H]N1C=CC(N)=CC1. The van der Waals surface area contributed by atoms with Crippen LogP contribution < -0.4 is 11.0 Å². The van der Waals surface area contributed by atoms with Gasteiger partial charge in [0, 0.05) is 12.2 Å². The zero-order valence-electron chi connectivity index (χ0n) is 4.96. The Bertz CT molecular complexity index is 139. The van der Waals surface area contributed by atoms with E-state index in [1.54, 1.807) is 18.4 Å². The molecule has 2 heteroatoms. The van der Waals surface area contributed by atoms with Gasteiger partial charge in [-0.05, 0) is 18.4 Å². The first kappa shape index (κ1) is 3.13. The molecular weight excluding hydrogens is 88.1 g/mol. The Hall–Kier alpha value is -0.920. The van der Waals surface area contributed by atoms with Gasteiger partial charge < -0.3 is 11.0 Å². The van der Waals surface area contributed by atoms with Crippen LogP contribution in [-0.4, -0.2) is 6.54 Å². The van der Waals surface area contributed by atoms with Gasteiger partial charge in [0.25, 0.3) is 0 Å². The van der Waals surface area contributed by atoms with Crippen molar-refractivity contribution in [1.82, 2.24) is 5.31 Å². The lowest BCUT2D eigenvalue weighted by molar-refractivity contribution is 0.954. The van der Waals surface area contributed by atoms with Crippen LogP contribution in [0.2, 0.25) is 1.41 Å². The van der Waals surface area contributed by atoms with E-state index >= 15 is 0 Å². The first-order valence-electron chi connectivity index (χ1n) is 2.63. The van der Waals surface area contributed by atoms with Crippen molar-refractivity contribution in [3.63, 3.8) is 0 Å². The number of hydrogen-bond donors (Lipinski definition) is 2. The topological polar surface area (TPSA) is 38.0 Å². The Kier molecular flexibility index (Phi) is 0.754. The first-order valence-corrected chi connectivity index (χ1v) is 2.18. The molecule has 0 bridgehead atoms. The molecule has 0 unspecified atom stereocenters. The molecule has 0 saturated heterocycles. The summed E-state index contributed by atoms with van der Waals surface area (Å²) in [7, 11) is 0. The number of rotatable bonds is 0. The van der Waals surface area contributed by atoms with Gasteiger partial charge in [0.15, 0.2) is 1.41 Å². The molecule has 0 amide bonds. The van der Waals surface area contributed by atoms with Crippen LogP contribution in [0.5, 0.6) is 0 Å². The molecule has 0 aromatic rings. The van der Waals surface area contributed by atoms with Gasteiger partial charge in [-0.15, -0.1) is 0 Å². The van der Waals surface area contributed by atoms with E-state index in [-0.39, 0.29) is 0 Å². The standard InChI is InChI=1S/C5H8N2/c6-5-1-3-7-4-2-5/h1-3,7H,4,6H2/i/hD. The van der Waals surface area contributed by atoms with E-state index < -0.39 is 0 Å². The minimum atomic E-state index is 0.600. The molecule has 2 nitrogen and oxygen atoms in total. The first-order chi connectivity index (χ1) is 3.79. The molecule has 0 fully saturated rings. The molecular formula is C5H8N2. The normalized spacial score (nSPS) is 21.4.